The van der Waals surface area contributed by atoms with Gasteiger partial charge in [0, 0.05) is 0 Å². The standard InChI is InChI=1S/C9H17NO2.ClH/c1-9(2,10)8(11)12-6-7-4-3-5-7;/h7H,3-6,10H2,1-2H3;1H. The first-order valence-electron chi connectivity index (χ1n) is 4.46. The second kappa shape index (κ2) is 4.82. The monoisotopic (exact) mass is 207 g/mol. The molecular weight excluding hydrogens is 190 g/mol. The van der Waals surface area contributed by atoms with Crippen LogP contribution in [0.15, 0.2) is 0 Å². The highest BCUT2D eigenvalue weighted by Crippen LogP contribution is 2.26. The topological polar surface area (TPSA) is 52.3 Å². The van der Waals surface area contributed by atoms with Crippen LogP contribution in [0.2, 0.25) is 0 Å². The predicted molar refractivity (Wildman–Crippen MR) is 53.8 cm³/mol. The van der Waals surface area contributed by atoms with Crippen LogP contribution in [0, 0.1) is 5.92 Å². The number of hydrogen-bond acceptors (Lipinski definition) is 3. The lowest BCUT2D eigenvalue weighted by atomic mass is 9.86. The fraction of sp³-hybridized carbons (Fsp3) is 0.889. The lowest BCUT2D eigenvalue weighted by Crippen LogP contribution is -2.43. The maximum Gasteiger partial charge on any atom is 0.325 e. The van der Waals surface area contributed by atoms with Gasteiger partial charge in [-0.05, 0) is 32.6 Å². The third kappa shape index (κ3) is 3.96. The number of esters is 1. The quantitative estimate of drug-likeness (QED) is 0.714. The Hall–Kier alpha value is -0.280. The van der Waals surface area contributed by atoms with E-state index in [-0.39, 0.29) is 18.4 Å². The van der Waals surface area contributed by atoms with Gasteiger partial charge in [0.05, 0.1) is 6.61 Å². The minimum absolute atomic E-state index is 0. The van der Waals surface area contributed by atoms with E-state index in [1.165, 1.54) is 19.3 Å². The zero-order valence-corrected chi connectivity index (χ0v) is 9.02. The van der Waals surface area contributed by atoms with Crippen molar-refractivity contribution in [3.8, 4) is 0 Å². The average molecular weight is 208 g/mol. The minimum Gasteiger partial charge on any atom is -0.464 e. The summed E-state index contributed by atoms with van der Waals surface area (Å²) in [4.78, 5) is 11.2. The van der Waals surface area contributed by atoms with Crippen LogP contribution in [-0.4, -0.2) is 18.1 Å². The Balaban J connectivity index is 0.00000144. The van der Waals surface area contributed by atoms with Crippen molar-refractivity contribution >= 4 is 18.4 Å². The number of carbonyl (C=O) groups is 1. The molecule has 1 saturated carbocycles. The van der Waals surface area contributed by atoms with Crippen LogP contribution in [0.5, 0.6) is 0 Å². The van der Waals surface area contributed by atoms with Gasteiger partial charge in [-0.1, -0.05) is 6.42 Å². The van der Waals surface area contributed by atoms with E-state index in [4.69, 9.17) is 10.5 Å². The largest absolute Gasteiger partial charge is 0.464 e. The van der Waals surface area contributed by atoms with Gasteiger partial charge in [0.15, 0.2) is 0 Å². The van der Waals surface area contributed by atoms with Gasteiger partial charge in [-0.25, -0.2) is 0 Å². The summed E-state index contributed by atoms with van der Waals surface area (Å²) in [6.07, 6.45) is 3.66. The molecular formula is C9H18ClNO2. The molecule has 0 spiro atoms. The lowest BCUT2D eigenvalue weighted by molar-refractivity contribution is -0.151. The molecule has 1 aliphatic carbocycles. The highest BCUT2D eigenvalue weighted by molar-refractivity contribution is 5.85. The Morgan fingerprint density at radius 3 is 2.38 bits per heavy atom. The van der Waals surface area contributed by atoms with Gasteiger partial charge in [-0.3, -0.25) is 4.79 Å². The van der Waals surface area contributed by atoms with E-state index in [1.54, 1.807) is 13.8 Å². The summed E-state index contributed by atoms with van der Waals surface area (Å²) in [7, 11) is 0. The molecule has 0 aromatic carbocycles. The lowest BCUT2D eigenvalue weighted by Gasteiger charge is -2.26. The van der Waals surface area contributed by atoms with Crippen LogP contribution < -0.4 is 5.73 Å². The average Bonchev–Trinajstić information content (AvgIpc) is 1.81. The molecule has 13 heavy (non-hydrogen) atoms. The number of ether oxygens (including phenoxy) is 1. The van der Waals surface area contributed by atoms with Gasteiger partial charge < -0.3 is 10.5 Å². The summed E-state index contributed by atoms with van der Waals surface area (Å²) < 4.78 is 5.05. The first-order chi connectivity index (χ1) is 5.50. The molecule has 0 atom stereocenters. The molecule has 0 aliphatic heterocycles. The van der Waals surface area contributed by atoms with Crippen LogP contribution in [0.4, 0.5) is 0 Å². The molecule has 1 aliphatic rings. The summed E-state index contributed by atoms with van der Waals surface area (Å²) in [5.74, 6) is 0.297. The van der Waals surface area contributed by atoms with Crippen LogP contribution in [0.3, 0.4) is 0 Å². The highest BCUT2D eigenvalue weighted by Gasteiger charge is 2.26. The van der Waals surface area contributed by atoms with E-state index in [0.29, 0.717) is 12.5 Å². The Labute approximate surface area is 85.4 Å². The van der Waals surface area contributed by atoms with E-state index in [0.717, 1.165) is 0 Å². The molecule has 0 saturated heterocycles. The van der Waals surface area contributed by atoms with Gasteiger partial charge in [-0.15, -0.1) is 12.4 Å². The summed E-state index contributed by atoms with van der Waals surface area (Å²) in [6, 6.07) is 0. The fourth-order valence-corrected chi connectivity index (χ4v) is 1.04. The molecule has 0 amide bonds. The molecule has 3 nitrogen and oxygen atoms in total. The summed E-state index contributed by atoms with van der Waals surface area (Å²) in [5.41, 5.74) is 4.71. The van der Waals surface area contributed by atoms with E-state index >= 15 is 0 Å². The second-order valence-electron chi connectivity index (χ2n) is 4.12. The van der Waals surface area contributed by atoms with Crippen molar-refractivity contribution in [3.63, 3.8) is 0 Å². The van der Waals surface area contributed by atoms with Gasteiger partial charge >= 0.3 is 5.97 Å². The van der Waals surface area contributed by atoms with Crippen molar-refractivity contribution in [2.75, 3.05) is 6.61 Å². The molecule has 0 radical (unpaired) electrons. The minimum atomic E-state index is -0.844. The van der Waals surface area contributed by atoms with Gasteiger partial charge in [0.1, 0.15) is 5.54 Å². The maximum atomic E-state index is 11.2. The van der Waals surface area contributed by atoms with Crippen molar-refractivity contribution in [1.29, 1.82) is 0 Å². The van der Waals surface area contributed by atoms with Crippen molar-refractivity contribution < 1.29 is 9.53 Å². The molecule has 0 aromatic heterocycles. The van der Waals surface area contributed by atoms with Crippen molar-refractivity contribution in [2.45, 2.75) is 38.6 Å². The first-order valence-corrected chi connectivity index (χ1v) is 4.46. The zero-order valence-electron chi connectivity index (χ0n) is 8.21. The van der Waals surface area contributed by atoms with Crippen molar-refractivity contribution in [2.24, 2.45) is 11.7 Å². The Bertz CT molecular complexity index is 173. The molecule has 0 heterocycles. The third-order valence-corrected chi connectivity index (χ3v) is 2.20. The summed E-state index contributed by atoms with van der Waals surface area (Å²) >= 11 is 0. The Kier molecular flexibility index (Phi) is 4.71. The van der Waals surface area contributed by atoms with E-state index in [2.05, 4.69) is 0 Å². The van der Waals surface area contributed by atoms with Crippen LogP contribution in [0.1, 0.15) is 33.1 Å². The number of carbonyl (C=O) groups excluding carboxylic acids is 1. The van der Waals surface area contributed by atoms with Crippen LogP contribution in [0.25, 0.3) is 0 Å². The fourth-order valence-electron chi connectivity index (χ4n) is 1.04. The zero-order chi connectivity index (χ0) is 9.19. The highest BCUT2D eigenvalue weighted by atomic mass is 35.5. The van der Waals surface area contributed by atoms with Crippen molar-refractivity contribution in [3.05, 3.63) is 0 Å². The Morgan fingerprint density at radius 1 is 1.54 bits per heavy atom. The molecule has 78 valence electrons. The molecule has 1 fully saturated rings. The van der Waals surface area contributed by atoms with Gasteiger partial charge in [0.2, 0.25) is 0 Å². The van der Waals surface area contributed by atoms with Gasteiger partial charge in [-0.2, -0.15) is 0 Å². The third-order valence-electron chi connectivity index (χ3n) is 2.20. The Morgan fingerprint density at radius 2 is 2.08 bits per heavy atom. The van der Waals surface area contributed by atoms with E-state index in [9.17, 15) is 4.79 Å². The van der Waals surface area contributed by atoms with E-state index < -0.39 is 5.54 Å². The number of halogens is 1. The summed E-state index contributed by atoms with van der Waals surface area (Å²) in [5, 5.41) is 0. The van der Waals surface area contributed by atoms with Crippen molar-refractivity contribution in [1.82, 2.24) is 0 Å². The van der Waals surface area contributed by atoms with Crippen LogP contribution in [-0.2, 0) is 9.53 Å². The smallest absolute Gasteiger partial charge is 0.325 e. The second-order valence-corrected chi connectivity index (χ2v) is 4.12. The van der Waals surface area contributed by atoms with Gasteiger partial charge in [0.25, 0.3) is 0 Å². The van der Waals surface area contributed by atoms with Crippen LogP contribution >= 0.6 is 12.4 Å². The predicted octanol–water partition coefficient (Wildman–Crippen LogP) is 1.49. The SMILES string of the molecule is CC(C)(N)C(=O)OCC1CCC1.Cl. The maximum absolute atomic E-state index is 11.2. The molecule has 0 aromatic rings. The first kappa shape index (κ1) is 12.7. The number of rotatable bonds is 3. The molecule has 0 bridgehead atoms. The molecule has 0 unspecified atom stereocenters. The molecule has 1 rings (SSSR count). The normalized spacial score (nSPS) is 17.2. The molecule has 2 N–H and O–H groups in total. The number of nitrogens with two attached hydrogens (primary N) is 1. The summed E-state index contributed by atoms with van der Waals surface area (Å²) in [6.45, 7) is 3.88. The van der Waals surface area contributed by atoms with E-state index in [1.807, 2.05) is 0 Å². The molecule has 4 heteroatoms. The number of hydrogen-bond donors (Lipinski definition) is 1.